The largest absolute Gasteiger partial charge is 0.454 e. The second kappa shape index (κ2) is 9.89. The van der Waals surface area contributed by atoms with Gasteiger partial charge in [0.25, 0.3) is 0 Å². The van der Waals surface area contributed by atoms with Crippen molar-refractivity contribution in [1.29, 1.82) is 0 Å². The maximum atomic E-state index is 12.3. The molecular weight excluding hydrogens is 392 g/mol. The summed E-state index contributed by atoms with van der Waals surface area (Å²) < 4.78 is 7.30. The number of rotatable bonds is 8. The van der Waals surface area contributed by atoms with E-state index in [9.17, 15) is 14.4 Å². The number of esters is 1. The molecule has 1 aromatic heterocycles. The van der Waals surface area contributed by atoms with Gasteiger partial charge in [-0.15, -0.1) is 0 Å². The summed E-state index contributed by atoms with van der Waals surface area (Å²) in [6.45, 7) is 5.75. The fourth-order valence-electron chi connectivity index (χ4n) is 3.36. The molecule has 31 heavy (non-hydrogen) atoms. The molecular formula is C25H26N2O4. The molecule has 1 heterocycles. The summed E-state index contributed by atoms with van der Waals surface area (Å²) >= 11 is 0. The van der Waals surface area contributed by atoms with Crippen LogP contribution in [0.15, 0.2) is 60.7 Å². The molecule has 0 atom stereocenters. The predicted octanol–water partition coefficient (Wildman–Crippen LogP) is 3.81. The van der Waals surface area contributed by atoms with E-state index in [1.807, 2.05) is 50.2 Å². The number of ether oxygens (including phenoxy) is 1. The number of aryl methyl sites for hydroxylation is 2. The minimum atomic E-state index is -0.534. The number of carbonyl (C=O) groups excluding carboxylic acids is 3. The lowest BCUT2D eigenvalue weighted by Gasteiger charge is -2.10. The van der Waals surface area contributed by atoms with E-state index in [1.54, 1.807) is 24.3 Å². The Labute approximate surface area is 181 Å². The van der Waals surface area contributed by atoms with Gasteiger partial charge in [-0.3, -0.25) is 9.59 Å². The standard InChI is InChI=1S/C25H26N2O4/c1-17-4-5-18(2)27(17)23-12-10-22(11-13-23)25(30)31-16-24(29)21-8-6-20(7-9-21)14-15-26-19(3)28/h4-13H,14-16H2,1-3H3,(H,26,28). The van der Waals surface area contributed by atoms with E-state index in [4.69, 9.17) is 4.74 Å². The molecule has 6 heteroatoms. The maximum Gasteiger partial charge on any atom is 0.338 e. The Morgan fingerprint density at radius 2 is 1.42 bits per heavy atom. The van der Waals surface area contributed by atoms with Crippen LogP contribution in [0, 0.1) is 13.8 Å². The molecule has 0 radical (unpaired) electrons. The zero-order valence-corrected chi connectivity index (χ0v) is 18.0. The molecule has 0 aliphatic heterocycles. The van der Waals surface area contributed by atoms with Gasteiger partial charge in [-0.2, -0.15) is 0 Å². The summed E-state index contributed by atoms with van der Waals surface area (Å²) in [6.07, 6.45) is 0.682. The summed E-state index contributed by atoms with van der Waals surface area (Å²) in [6, 6.07) is 18.3. The molecule has 0 saturated heterocycles. The first-order valence-corrected chi connectivity index (χ1v) is 10.1. The maximum absolute atomic E-state index is 12.3. The minimum absolute atomic E-state index is 0.0711. The van der Waals surface area contributed by atoms with E-state index in [1.165, 1.54) is 6.92 Å². The number of nitrogens with one attached hydrogen (secondary N) is 1. The average molecular weight is 418 g/mol. The van der Waals surface area contributed by atoms with Crippen molar-refractivity contribution in [3.8, 4) is 5.69 Å². The molecule has 0 aliphatic carbocycles. The zero-order valence-electron chi connectivity index (χ0n) is 18.0. The number of aromatic nitrogens is 1. The highest BCUT2D eigenvalue weighted by atomic mass is 16.5. The third-order valence-electron chi connectivity index (χ3n) is 5.03. The molecule has 3 aromatic rings. The van der Waals surface area contributed by atoms with E-state index in [0.717, 1.165) is 22.6 Å². The Morgan fingerprint density at radius 3 is 2.00 bits per heavy atom. The molecule has 6 nitrogen and oxygen atoms in total. The highest BCUT2D eigenvalue weighted by Crippen LogP contribution is 2.17. The van der Waals surface area contributed by atoms with Gasteiger partial charge in [0, 0.05) is 36.1 Å². The molecule has 0 spiro atoms. The first-order valence-electron chi connectivity index (χ1n) is 10.1. The Balaban J connectivity index is 1.54. The first-order chi connectivity index (χ1) is 14.8. The van der Waals surface area contributed by atoms with Crippen LogP contribution in [0.3, 0.4) is 0 Å². The van der Waals surface area contributed by atoms with Crippen molar-refractivity contribution in [1.82, 2.24) is 9.88 Å². The van der Waals surface area contributed by atoms with Gasteiger partial charge < -0.3 is 14.6 Å². The second-order valence-corrected chi connectivity index (χ2v) is 7.43. The highest BCUT2D eigenvalue weighted by molar-refractivity contribution is 5.99. The van der Waals surface area contributed by atoms with E-state index < -0.39 is 5.97 Å². The van der Waals surface area contributed by atoms with Crippen LogP contribution in [0.4, 0.5) is 0 Å². The minimum Gasteiger partial charge on any atom is -0.454 e. The van der Waals surface area contributed by atoms with E-state index >= 15 is 0 Å². The van der Waals surface area contributed by atoms with E-state index in [2.05, 4.69) is 9.88 Å². The number of hydrogen-bond acceptors (Lipinski definition) is 4. The highest BCUT2D eigenvalue weighted by Gasteiger charge is 2.13. The van der Waals surface area contributed by atoms with Crippen molar-refractivity contribution in [3.05, 3.63) is 88.7 Å². The van der Waals surface area contributed by atoms with Gasteiger partial charge in [-0.25, -0.2) is 4.79 Å². The van der Waals surface area contributed by atoms with E-state index in [0.29, 0.717) is 24.1 Å². The van der Waals surface area contributed by atoms with Crippen LogP contribution >= 0.6 is 0 Å². The Hall–Kier alpha value is -3.67. The van der Waals surface area contributed by atoms with Crippen LogP contribution in [0.5, 0.6) is 0 Å². The number of Topliss-reactive ketones (excluding diaryl/α,β-unsaturated/α-hetero) is 1. The lowest BCUT2D eigenvalue weighted by molar-refractivity contribution is -0.118. The molecule has 1 amide bonds. The van der Waals surface area contributed by atoms with E-state index in [-0.39, 0.29) is 18.3 Å². The molecule has 0 fully saturated rings. The van der Waals surface area contributed by atoms with Gasteiger partial charge in [0.15, 0.2) is 12.4 Å². The number of benzene rings is 2. The van der Waals surface area contributed by atoms with Crippen LogP contribution < -0.4 is 5.32 Å². The summed E-state index contributed by atoms with van der Waals surface area (Å²) in [5, 5.41) is 2.73. The lowest BCUT2D eigenvalue weighted by Crippen LogP contribution is -2.22. The number of hydrogen-bond donors (Lipinski definition) is 1. The number of nitrogens with zero attached hydrogens (tertiary/aromatic N) is 1. The normalized spacial score (nSPS) is 10.5. The second-order valence-electron chi connectivity index (χ2n) is 7.43. The molecule has 0 bridgehead atoms. The fraction of sp³-hybridized carbons (Fsp3) is 0.240. The molecule has 0 unspecified atom stereocenters. The van der Waals surface area contributed by atoms with Gasteiger partial charge in [0.05, 0.1) is 5.56 Å². The quantitative estimate of drug-likeness (QED) is 0.446. The summed E-state index contributed by atoms with van der Waals surface area (Å²) in [5.41, 5.74) is 5.07. The summed E-state index contributed by atoms with van der Waals surface area (Å²) in [5.74, 6) is -0.872. The third-order valence-corrected chi connectivity index (χ3v) is 5.03. The molecule has 2 aromatic carbocycles. The number of ketones is 1. The SMILES string of the molecule is CC(=O)NCCc1ccc(C(=O)COC(=O)c2ccc(-n3c(C)ccc3C)cc2)cc1. The van der Waals surface area contributed by atoms with Crippen LogP contribution in [0.2, 0.25) is 0 Å². The molecule has 160 valence electrons. The Morgan fingerprint density at radius 1 is 0.839 bits per heavy atom. The van der Waals surface area contributed by atoms with Crippen LogP contribution in [-0.2, 0) is 16.0 Å². The van der Waals surface area contributed by atoms with Crippen LogP contribution in [-0.4, -0.2) is 35.4 Å². The van der Waals surface area contributed by atoms with Crippen molar-refractivity contribution >= 4 is 17.7 Å². The average Bonchev–Trinajstić information content (AvgIpc) is 3.10. The smallest absolute Gasteiger partial charge is 0.338 e. The Bertz CT molecular complexity index is 1060. The van der Waals surface area contributed by atoms with Gasteiger partial charge >= 0.3 is 5.97 Å². The van der Waals surface area contributed by atoms with Crippen molar-refractivity contribution < 1.29 is 19.1 Å². The lowest BCUT2D eigenvalue weighted by atomic mass is 10.1. The summed E-state index contributed by atoms with van der Waals surface area (Å²) in [7, 11) is 0. The molecule has 0 saturated carbocycles. The molecule has 3 rings (SSSR count). The summed E-state index contributed by atoms with van der Waals surface area (Å²) in [4.78, 5) is 35.6. The van der Waals surface area contributed by atoms with Gasteiger partial charge in [0.2, 0.25) is 5.91 Å². The van der Waals surface area contributed by atoms with Crippen LogP contribution in [0.25, 0.3) is 5.69 Å². The molecule has 0 aliphatic rings. The van der Waals surface area contributed by atoms with Crippen molar-refractivity contribution in [2.75, 3.05) is 13.2 Å². The van der Waals surface area contributed by atoms with Crippen molar-refractivity contribution in [2.24, 2.45) is 0 Å². The predicted molar refractivity (Wildman–Crippen MR) is 119 cm³/mol. The Kier molecular flexibility index (Phi) is 7.03. The van der Waals surface area contributed by atoms with Gasteiger partial charge in [-0.05, 0) is 62.2 Å². The first kappa shape index (κ1) is 22.0. The van der Waals surface area contributed by atoms with Gasteiger partial charge in [0.1, 0.15) is 0 Å². The van der Waals surface area contributed by atoms with Crippen molar-refractivity contribution in [3.63, 3.8) is 0 Å². The van der Waals surface area contributed by atoms with Crippen molar-refractivity contribution in [2.45, 2.75) is 27.2 Å². The number of amides is 1. The molecule has 1 N–H and O–H groups in total. The van der Waals surface area contributed by atoms with Crippen LogP contribution in [0.1, 0.15) is 44.6 Å². The monoisotopic (exact) mass is 418 g/mol. The number of carbonyl (C=O) groups is 3. The topological polar surface area (TPSA) is 77.4 Å². The fourth-order valence-corrected chi connectivity index (χ4v) is 3.36. The van der Waals surface area contributed by atoms with Gasteiger partial charge in [-0.1, -0.05) is 24.3 Å². The zero-order chi connectivity index (χ0) is 22.4. The third kappa shape index (κ3) is 5.69.